The molecule has 0 saturated heterocycles. The van der Waals surface area contributed by atoms with E-state index in [0.717, 1.165) is 6.07 Å². The van der Waals surface area contributed by atoms with E-state index in [2.05, 4.69) is 5.32 Å². The number of aliphatic carboxylic acids is 1. The average molecular weight is 305 g/mol. The zero-order chi connectivity index (χ0) is 16.3. The van der Waals surface area contributed by atoms with Gasteiger partial charge in [0.1, 0.15) is 11.3 Å². The number of rotatable bonds is 4. The fourth-order valence-corrected chi connectivity index (χ4v) is 2.40. The van der Waals surface area contributed by atoms with Gasteiger partial charge in [-0.05, 0) is 25.0 Å². The van der Waals surface area contributed by atoms with Crippen LogP contribution in [-0.2, 0) is 9.59 Å². The Morgan fingerprint density at radius 1 is 1.05 bits per heavy atom. The number of benzene rings is 1. The maximum atomic E-state index is 12.2. The van der Waals surface area contributed by atoms with Gasteiger partial charge >= 0.3 is 11.9 Å². The van der Waals surface area contributed by atoms with E-state index in [9.17, 15) is 19.5 Å². The second kappa shape index (κ2) is 6.30. The smallest absolute Gasteiger partial charge is 0.339 e. The van der Waals surface area contributed by atoms with Crippen LogP contribution in [0.3, 0.4) is 0 Å². The molecule has 2 atom stereocenters. The molecule has 4 N–H and O–H groups in total. The minimum Gasteiger partial charge on any atom is -0.507 e. The Bertz CT molecular complexity index is 651. The van der Waals surface area contributed by atoms with E-state index in [-0.39, 0.29) is 17.7 Å². The van der Waals surface area contributed by atoms with Crippen LogP contribution in [0.1, 0.15) is 23.2 Å². The number of phenols is 1. The Labute approximate surface area is 125 Å². The molecule has 0 unspecified atom stereocenters. The molecule has 0 saturated carbocycles. The topological polar surface area (TPSA) is 124 Å². The van der Waals surface area contributed by atoms with Crippen molar-refractivity contribution in [2.24, 2.45) is 11.8 Å². The van der Waals surface area contributed by atoms with E-state index >= 15 is 0 Å². The summed E-state index contributed by atoms with van der Waals surface area (Å²) >= 11 is 0. The van der Waals surface area contributed by atoms with Crippen molar-refractivity contribution >= 4 is 23.5 Å². The molecule has 22 heavy (non-hydrogen) atoms. The lowest BCUT2D eigenvalue weighted by Gasteiger charge is -2.24. The molecule has 0 radical (unpaired) electrons. The van der Waals surface area contributed by atoms with E-state index in [4.69, 9.17) is 10.2 Å². The minimum absolute atomic E-state index is 0.214. The summed E-state index contributed by atoms with van der Waals surface area (Å²) in [5.74, 6) is -4.75. The molecule has 116 valence electrons. The summed E-state index contributed by atoms with van der Waals surface area (Å²) < 4.78 is 0. The third-order valence-electron chi connectivity index (χ3n) is 3.58. The van der Waals surface area contributed by atoms with Crippen molar-refractivity contribution in [1.82, 2.24) is 0 Å². The third kappa shape index (κ3) is 3.25. The number of aromatic hydroxyl groups is 1. The zero-order valence-electron chi connectivity index (χ0n) is 11.5. The van der Waals surface area contributed by atoms with Crippen LogP contribution in [0.2, 0.25) is 0 Å². The number of carboxylic acid groups (broad SMARTS) is 2. The first kappa shape index (κ1) is 15.6. The summed E-state index contributed by atoms with van der Waals surface area (Å²) in [6.07, 6.45) is 4.10. The van der Waals surface area contributed by atoms with Gasteiger partial charge in [-0.1, -0.05) is 12.2 Å². The van der Waals surface area contributed by atoms with Crippen molar-refractivity contribution in [1.29, 1.82) is 0 Å². The van der Waals surface area contributed by atoms with Crippen LogP contribution in [0, 0.1) is 11.8 Å². The molecule has 0 heterocycles. The highest BCUT2D eigenvalue weighted by molar-refractivity contribution is 5.97. The van der Waals surface area contributed by atoms with E-state index in [1.807, 2.05) is 0 Å². The highest BCUT2D eigenvalue weighted by Gasteiger charge is 2.34. The molecule has 0 spiro atoms. The summed E-state index contributed by atoms with van der Waals surface area (Å²) in [6.45, 7) is 0. The SMILES string of the molecule is O=C(O)c1ccc(NC(=O)[C@@H]2CC=CC[C@H]2C(=O)O)cc1O. The van der Waals surface area contributed by atoms with E-state index in [0.29, 0.717) is 6.42 Å². The van der Waals surface area contributed by atoms with Gasteiger partial charge in [0, 0.05) is 11.8 Å². The van der Waals surface area contributed by atoms with Gasteiger partial charge in [0.15, 0.2) is 0 Å². The van der Waals surface area contributed by atoms with E-state index in [1.165, 1.54) is 12.1 Å². The summed E-state index contributed by atoms with van der Waals surface area (Å²) in [7, 11) is 0. The van der Waals surface area contributed by atoms with Gasteiger partial charge in [-0.3, -0.25) is 9.59 Å². The number of amides is 1. The predicted molar refractivity (Wildman–Crippen MR) is 76.7 cm³/mol. The minimum atomic E-state index is -1.28. The van der Waals surface area contributed by atoms with Crippen LogP contribution in [-0.4, -0.2) is 33.2 Å². The first-order chi connectivity index (χ1) is 10.4. The van der Waals surface area contributed by atoms with E-state index in [1.54, 1.807) is 12.2 Å². The Kier molecular flexibility index (Phi) is 4.45. The highest BCUT2D eigenvalue weighted by Crippen LogP contribution is 2.28. The first-order valence-electron chi connectivity index (χ1n) is 6.65. The highest BCUT2D eigenvalue weighted by atomic mass is 16.4. The molecule has 1 aliphatic carbocycles. The van der Waals surface area contributed by atoms with Crippen LogP contribution < -0.4 is 5.32 Å². The van der Waals surface area contributed by atoms with Crippen molar-refractivity contribution in [3.8, 4) is 5.75 Å². The van der Waals surface area contributed by atoms with Crippen LogP contribution in [0.5, 0.6) is 5.75 Å². The molecule has 0 fully saturated rings. The van der Waals surface area contributed by atoms with Crippen molar-refractivity contribution in [3.05, 3.63) is 35.9 Å². The number of aromatic carboxylic acids is 1. The van der Waals surface area contributed by atoms with Crippen LogP contribution >= 0.6 is 0 Å². The summed E-state index contributed by atoms with van der Waals surface area (Å²) in [4.78, 5) is 34.2. The molecular formula is C15H15NO6. The monoisotopic (exact) mass is 305 g/mol. The molecule has 0 aromatic heterocycles. The lowest BCUT2D eigenvalue weighted by Crippen LogP contribution is -2.34. The maximum Gasteiger partial charge on any atom is 0.339 e. The van der Waals surface area contributed by atoms with Crippen molar-refractivity contribution in [3.63, 3.8) is 0 Å². The standard InChI is InChI=1S/C15H15NO6/c17-12-7-8(5-6-11(12)15(21)22)16-13(18)9-3-1-2-4-10(9)14(19)20/h1-2,5-7,9-10,17H,3-4H2,(H,16,18)(H,19,20)(H,21,22)/t9-,10-/m1/s1. The molecular weight excluding hydrogens is 290 g/mol. The lowest BCUT2D eigenvalue weighted by molar-refractivity contribution is -0.146. The fourth-order valence-electron chi connectivity index (χ4n) is 2.40. The average Bonchev–Trinajstić information content (AvgIpc) is 2.46. The summed E-state index contributed by atoms with van der Waals surface area (Å²) in [5.41, 5.74) is -0.0618. The van der Waals surface area contributed by atoms with Crippen LogP contribution in [0.25, 0.3) is 0 Å². The Morgan fingerprint density at radius 2 is 1.68 bits per heavy atom. The number of carbonyl (C=O) groups is 3. The summed E-state index contributed by atoms with van der Waals surface area (Å²) in [6, 6.07) is 3.63. The van der Waals surface area contributed by atoms with E-state index < -0.39 is 35.4 Å². The number of carboxylic acids is 2. The number of carbonyl (C=O) groups excluding carboxylic acids is 1. The number of allylic oxidation sites excluding steroid dienone is 2. The van der Waals surface area contributed by atoms with Crippen molar-refractivity contribution in [2.45, 2.75) is 12.8 Å². The second-order valence-electron chi connectivity index (χ2n) is 5.02. The van der Waals surface area contributed by atoms with Crippen molar-refractivity contribution in [2.75, 3.05) is 5.32 Å². The van der Waals surface area contributed by atoms with Gasteiger partial charge in [0.25, 0.3) is 0 Å². The normalized spacial score (nSPS) is 20.4. The molecule has 2 rings (SSSR count). The number of hydrogen-bond donors (Lipinski definition) is 4. The quantitative estimate of drug-likeness (QED) is 0.628. The molecule has 7 heteroatoms. The fraction of sp³-hybridized carbons (Fsp3) is 0.267. The van der Waals surface area contributed by atoms with Gasteiger partial charge in [0.2, 0.25) is 5.91 Å². The molecule has 0 aliphatic heterocycles. The molecule has 1 aromatic carbocycles. The number of hydrogen-bond acceptors (Lipinski definition) is 4. The third-order valence-corrected chi connectivity index (χ3v) is 3.58. The van der Waals surface area contributed by atoms with Gasteiger partial charge in [-0.25, -0.2) is 4.79 Å². The lowest BCUT2D eigenvalue weighted by atomic mass is 9.82. The summed E-state index contributed by atoms with van der Waals surface area (Å²) in [5, 5.41) is 30.1. The molecule has 1 aromatic rings. The Balaban J connectivity index is 2.14. The second-order valence-corrected chi connectivity index (χ2v) is 5.02. The first-order valence-corrected chi connectivity index (χ1v) is 6.65. The molecule has 1 aliphatic rings. The van der Waals surface area contributed by atoms with Gasteiger partial charge in [0.05, 0.1) is 11.8 Å². The van der Waals surface area contributed by atoms with Crippen molar-refractivity contribution < 1.29 is 29.7 Å². The van der Waals surface area contributed by atoms with Crippen LogP contribution in [0.4, 0.5) is 5.69 Å². The number of anilines is 1. The largest absolute Gasteiger partial charge is 0.507 e. The van der Waals surface area contributed by atoms with Gasteiger partial charge in [-0.2, -0.15) is 0 Å². The molecule has 0 bridgehead atoms. The predicted octanol–water partition coefficient (Wildman–Crippen LogP) is 1.70. The maximum absolute atomic E-state index is 12.2. The molecule has 1 amide bonds. The zero-order valence-corrected chi connectivity index (χ0v) is 11.5. The Hall–Kier alpha value is -2.83. The number of nitrogens with one attached hydrogen (secondary N) is 1. The Morgan fingerprint density at radius 3 is 2.23 bits per heavy atom. The van der Waals surface area contributed by atoms with Crippen LogP contribution in [0.15, 0.2) is 30.4 Å². The van der Waals surface area contributed by atoms with Gasteiger partial charge < -0.3 is 20.6 Å². The molecule has 7 nitrogen and oxygen atoms in total. The van der Waals surface area contributed by atoms with Gasteiger partial charge in [-0.15, -0.1) is 0 Å².